The summed E-state index contributed by atoms with van der Waals surface area (Å²) in [5.41, 5.74) is 7.01. The first kappa shape index (κ1) is 22.9. The van der Waals surface area contributed by atoms with Crippen molar-refractivity contribution in [3.63, 3.8) is 0 Å². The average molecular weight is 454 g/mol. The van der Waals surface area contributed by atoms with Gasteiger partial charge in [-0.2, -0.15) is 5.10 Å². The van der Waals surface area contributed by atoms with Crippen molar-refractivity contribution in [2.24, 2.45) is 5.10 Å². The number of hydrogen-bond donors (Lipinski definition) is 1. The van der Waals surface area contributed by atoms with Gasteiger partial charge in [0.25, 0.3) is 5.91 Å². The molecule has 4 aromatic rings. The lowest BCUT2D eigenvalue weighted by atomic mass is 10.1. The minimum atomic E-state index is -0.288. The highest BCUT2D eigenvalue weighted by molar-refractivity contribution is 5.98. The molecule has 0 aliphatic carbocycles. The molecule has 0 atom stereocenters. The molecule has 4 rings (SSSR count). The second-order valence-electron chi connectivity index (χ2n) is 7.72. The molecule has 1 N–H and O–H groups in total. The van der Waals surface area contributed by atoms with Crippen molar-refractivity contribution in [3.05, 3.63) is 114 Å². The Morgan fingerprint density at radius 1 is 0.941 bits per heavy atom. The first-order valence-corrected chi connectivity index (χ1v) is 11.1. The molecule has 0 aliphatic heterocycles. The van der Waals surface area contributed by atoms with Gasteiger partial charge in [0.05, 0.1) is 24.1 Å². The highest BCUT2D eigenvalue weighted by Gasteiger charge is 2.11. The fourth-order valence-electron chi connectivity index (χ4n) is 3.45. The molecule has 0 radical (unpaired) electrons. The van der Waals surface area contributed by atoms with E-state index in [1.807, 2.05) is 84.5 Å². The minimum absolute atomic E-state index is 0.288. The van der Waals surface area contributed by atoms with E-state index in [2.05, 4.69) is 29.6 Å². The van der Waals surface area contributed by atoms with Gasteiger partial charge >= 0.3 is 0 Å². The van der Waals surface area contributed by atoms with Crippen LogP contribution in [0.25, 0.3) is 5.69 Å². The third kappa shape index (κ3) is 5.72. The number of hydrogen-bond acceptors (Lipinski definition) is 4. The van der Waals surface area contributed by atoms with Gasteiger partial charge in [-0.25, -0.2) is 5.43 Å². The zero-order valence-electron chi connectivity index (χ0n) is 19.3. The summed E-state index contributed by atoms with van der Waals surface area (Å²) in [6.07, 6.45) is 5.38. The maximum Gasteiger partial charge on any atom is 0.273 e. The summed E-state index contributed by atoms with van der Waals surface area (Å²) in [4.78, 5) is 12.7. The van der Waals surface area contributed by atoms with Crippen LogP contribution < -0.4 is 14.9 Å². The number of rotatable bonds is 9. The van der Waals surface area contributed by atoms with Gasteiger partial charge in [0.1, 0.15) is 6.61 Å². The highest BCUT2D eigenvalue weighted by Crippen LogP contribution is 2.29. The first-order valence-electron chi connectivity index (χ1n) is 11.1. The number of nitrogens with one attached hydrogen (secondary N) is 1. The van der Waals surface area contributed by atoms with E-state index in [4.69, 9.17) is 9.47 Å². The van der Waals surface area contributed by atoms with Crippen molar-refractivity contribution < 1.29 is 14.3 Å². The fourth-order valence-corrected chi connectivity index (χ4v) is 3.45. The van der Waals surface area contributed by atoms with Gasteiger partial charge in [-0.05, 0) is 67.4 Å². The molecule has 172 valence electrons. The summed E-state index contributed by atoms with van der Waals surface area (Å²) < 4.78 is 13.6. The van der Waals surface area contributed by atoms with E-state index in [9.17, 15) is 4.79 Å². The van der Waals surface area contributed by atoms with Crippen molar-refractivity contribution >= 4 is 12.1 Å². The standard InChI is InChI=1S/C28H27N3O3/c1-3-33-27-18-23(14-15-26(27)34-20-22-12-10-21(2)11-13-22)19-29-30-28(32)24-8-4-5-9-25(24)31-16-6-7-17-31/h4-19H,3,20H2,1-2H3,(H,30,32)/b29-19+. The summed E-state index contributed by atoms with van der Waals surface area (Å²) in [6.45, 7) is 4.94. The number of ether oxygens (including phenoxy) is 2. The molecular weight excluding hydrogens is 426 g/mol. The predicted molar refractivity (Wildman–Crippen MR) is 134 cm³/mol. The molecule has 0 bridgehead atoms. The molecule has 0 aliphatic rings. The second kappa shape index (κ2) is 11.0. The number of hydrazone groups is 1. The largest absolute Gasteiger partial charge is 0.490 e. The smallest absolute Gasteiger partial charge is 0.273 e. The van der Waals surface area contributed by atoms with Crippen molar-refractivity contribution in [1.82, 2.24) is 9.99 Å². The van der Waals surface area contributed by atoms with Gasteiger partial charge in [0, 0.05) is 12.4 Å². The van der Waals surface area contributed by atoms with Crippen LogP contribution in [0.2, 0.25) is 0 Å². The van der Waals surface area contributed by atoms with Gasteiger partial charge in [-0.1, -0.05) is 42.0 Å². The molecule has 1 amide bonds. The van der Waals surface area contributed by atoms with Gasteiger partial charge in [-0.3, -0.25) is 4.79 Å². The molecule has 34 heavy (non-hydrogen) atoms. The Hall–Kier alpha value is -4.32. The summed E-state index contributed by atoms with van der Waals surface area (Å²) >= 11 is 0. The second-order valence-corrected chi connectivity index (χ2v) is 7.72. The number of para-hydroxylation sites is 1. The lowest BCUT2D eigenvalue weighted by molar-refractivity contribution is 0.0955. The van der Waals surface area contributed by atoms with E-state index in [-0.39, 0.29) is 5.91 Å². The minimum Gasteiger partial charge on any atom is -0.490 e. The Bertz CT molecular complexity index is 1260. The van der Waals surface area contributed by atoms with Crippen LogP contribution in [0.3, 0.4) is 0 Å². The van der Waals surface area contributed by atoms with E-state index >= 15 is 0 Å². The van der Waals surface area contributed by atoms with Crippen LogP contribution in [0.15, 0.2) is 96.4 Å². The predicted octanol–water partition coefficient (Wildman–Crippen LogP) is 5.53. The van der Waals surface area contributed by atoms with Gasteiger partial charge in [0.15, 0.2) is 11.5 Å². The molecule has 0 fully saturated rings. The van der Waals surface area contributed by atoms with E-state index < -0.39 is 0 Å². The normalized spacial score (nSPS) is 10.9. The molecule has 0 saturated carbocycles. The Kier molecular flexibility index (Phi) is 7.40. The van der Waals surface area contributed by atoms with E-state index in [0.717, 1.165) is 16.8 Å². The van der Waals surface area contributed by atoms with Crippen LogP contribution >= 0.6 is 0 Å². The van der Waals surface area contributed by atoms with Crippen molar-refractivity contribution in [3.8, 4) is 17.2 Å². The molecule has 1 heterocycles. The number of benzene rings is 3. The quantitative estimate of drug-likeness (QED) is 0.268. The van der Waals surface area contributed by atoms with Crippen LogP contribution in [0.4, 0.5) is 0 Å². The zero-order chi connectivity index (χ0) is 23.8. The van der Waals surface area contributed by atoms with Gasteiger partial charge in [-0.15, -0.1) is 0 Å². The summed E-state index contributed by atoms with van der Waals surface area (Å²) in [7, 11) is 0. The average Bonchev–Trinajstić information content (AvgIpc) is 3.40. The molecule has 3 aromatic carbocycles. The molecular formula is C28H27N3O3. The van der Waals surface area contributed by atoms with Crippen molar-refractivity contribution in [1.29, 1.82) is 0 Å². The molecule has 0 spiro atoms. The molecule has 0 saturated heterocycles. The number of carbonyl (C=O) groups is 1. The lowest BCUT2D eigenvalue weighted by Crippen LogP contribution is -2.19. The number of aryl methyl sites for hydroxylation is 1. The van der Waals surface area contributed by atoms with Crippen LogP contribution in [0, 0.1) is 6.92 Å². The number of aromatic nitrogens is 1. The molecule has 1 aromatic heterocycles. The Labute approximate surface area is 199 Å². The monoisotopic (exact) mass is 453 g/mol. The molecule has 0 unspecified atom stereocenters. The zero-order valence-corrected chi connectivity index (χ0v) is 19.3. The molecule has 6 nitrogen and oxygen atoms in total. The third-order valence-corrected chi connectivity index (χ3v) is 5.19. The van der Waals surface area contributed by atoms with Crippen LogP contribution in [-0.2, 0) is 6.61 Å². The van der Waals surface area contributed by atoms with Gasteiger partial charge in [0.2, 0.25) is 0 Å². The number of carbonyl (C=O) groups excluding carboxylic acids is 1. The Balaban J connectivity index is 1.43. The lowest BCUT2D eigenvalue weighted by Gasteiger charge is -2.13. The number of nitrogens with zero attached hydrogens (tertiary/aromatic N) is 2. The maximum absolute atomic E-state index is 12.7. The SMILES string of the molecule is CCOc1cc(/C=N/NC(=O)c2ccccc2-n2cccc2)ccc1OCc1ccc(C)cc1. The number of amides is 1. The van der Waals surface area contributed by atoms with Gasteiger partial charge < -0.3 is 14.0 Å². The Morgan fingerprint density at radius 3 is 2.47 bits per heavy atom. The summed E-state index contributed by atoms with van der Waals surface area (Å²) in [6, 6.07) is 25.0. The Morgan fingerprint density at radius 2 is 1.71 bits per heavy atom. The van der Waals surface area contributed by atoms with Crippen LogP contribution in [0.5, 0.6) is 11.5 Å². The summed E-state index contributed by atoms with van der Waals surface area (Å²) in [5, 5.41) is 4.14. The third-order valence-electron chi connectivity index (χ3n) is 5.19. The topological polar surface area (TPSA) is 64.8 Å². The maximum atomic E-state index is 12.7. The van der Waals surface area contributed by atoms with Crippen molar-refractivity contribution in [2.75, 3.05) is 6.61 Å². The fraction of sp³-hybridized carbons (Fsp3) is 0.143. The van der Waals surface area contributed by atoms with Crippen molar-refractivity contribution in [2.45, 2.75) is 20.5 Å². The van der Waals surface area contributed by atoms with E-state index in [1.165, 1.54) is 5.56 Å². The highest BCUT2D eigenvalue weighted by atomic mass is 16.5. The van der Waals surface area contributed by atoms with E-state index in [1.54, 1.807) is 12.3 Å². The first-order chi connectivity index (χ1) is 16.6. The van der Waals surface area contributed by atoms with E-state index in [0.29, 0.717) is 30.3 Å². The molecule has 6 heteroatoms. The summed E-state index contributed by atoms with van der Waals surface area (Å²) in [5.74, 6) is 0.996. The van der Waals surface area contributed by atoms with Crippen LogP contribution in [-0.4, -0.2) is 23.3 Å². The van der Waals surface area contributed by atoms with Crippen LogP contribution in [0.1, 0.15) is 34.0 Å².